The molecule has 1 atom stereocenters. The fraction of sp³-hybridized carbons (Fsp3) is 0.261. The maximum atomic E-state index is 12.5. The van der Waals surface area contributed by atoms with Crippen molar-refractivity contribution in [3.63, 3.8) is 0 Å². The van der Waals surface area contributed by atoms with E-state index in [1.807, 2.05) is 43.3 Å². The molecule has 0 spiro atoms. The van der Waals surface area contributed by atoms with Crippen LogP contribution in [0.4, 0.5) is 0 Å². The van der Waals surface area contributed by atoms with Gasteiger partial charge in [-0.05, 0) is 35.8 Å². The lowest BCUT2D eigenvalue weighted by molar-refractivity contribution is -0.137. The molecular formula is C23H26O5S. The molecule has 0 amide bonds. The predicted molar refractivity (Wildman–Crippen MR) is 116 cm³/mol. The van der Waals surface area contributed by atoms with E-state index in [-0.39, 0.29) is 12.5 Å². The Hall–Kier alpha value is -2.70. The molecule has 6 heteroatoms. The fourth-order valence-corrected chi connectivity index (χ4v) is 4.27. The largest absolute Gasteiger partial charge is 0.493 e. The first-order chi connectivity index (χ1) is 13.5. The molecule has 1 aliphatic rings. The Labute approximate surface area is 171 Å². The van der Waals surface area contributed by atoms with Gasteiger partial charge in [0.05, 0.1) is 11.0 Å². The van der Waals surface area contributed by atoms with Crippen LogP contribution in [0.5, 0.6) is 0 Å². The highest BCUT2D eigenvalue weighted by molar-refractivity contribution is 8.14. The minimum atomic E-state index is -3.84. The second-order valence-electron chi connectivity index (χ2n) is 7.81. The van der Waals surface area contributed by atoms with Gasteiger partial charge in [-0.15, -0.1) is 0 Å². The molecule has 1 unspecified atom stereocenters. The molecule has 0 aliphatic carbocycles. The summed E-state index contributed by atoms with van der Waals surface area (Å²) in [4.78, 5) is 11.9. The minimum Gasteiger partial charge on any atom is -0.493 e. The maximum Gasteiger partial charge on any atom is 0.311 e. The van der Waals surface area contributed by atoms with Crippen LogP contribution in [0.3, 0.4) is 0 Å². The number of carboxylic acids is 1. The van der Waals surface area contributed by atoms with E-state index in [2.05, 4.69) is 0 Å². The Morgan fingerprint density at radius 1 is 1.07 bits per heavy atom. The zero-order chi connectivity index (χ0) is 21.3. The van der Waals surface area contributed by atoms with Crippen molar-refractivity contribution < 1.29 is 23.4 Å². The molecule has 2 aromatic carbocycles. The number of carbonyl (C=O) groups is 1. The summed E-state index contributed by atoms with van der Waals surface area (Å²) in [6.07, 6.45) is 4.94. The number of rotatable bonds is 5. The Balaban J connectivity index is 2.18. The van der Waals surface area contributed by atoms with Crippen LogP contribution in [-0.4, -0.2) is 38.5 Å². The van der Waals surface area contributed by atoms with Crippen molar-refractivity contribution in [1.29, 1.82) is 0 Å². The van der Waals surface area contributed by atoms with Gasteiger partial charge in [-0.1, -0.05) is 48.5 Å². The van der Waals surface area contributed by atoms with Gasteiger partial charge in [-0.25, -0.2) is 4.21 Å². The lowest BCUT2D eigenvalue weighted by Gasteiger charge is -2.34. The standard InChI is InChI=1S/C23H26O5S/c1-16-9-14-20(17-10-12-19(13-11-17)29(2,3,26)27)23(18-7-5-4-6-8-18)21(28-16)15-22(24)25/h4-8,10-14,16H,9,15H2,1-3H3,(H,24,25)(H,26,27). The van der Waals surface area contributed by atoms with Gasteiger partial charge in [-0.3, -0.25) is 9.35 Å². The number of ether oxygens (including phenoxy) is 1. The van der Waals surface area contributed by atoms with Crippen molar-refractivity contribution in [2.75, 3.05) is 12.5 Å². The molecule has 5 nitrogen and oxygen atoms in total. The van der Waals surface area contributed by atoms with Gasteiger partial charge >= 0.3 is 5.97 Å². The summed E-state index contributed by atoms with van der Waals surface area (Å²) in [6.45, 7) is 1.91. The Morgan fingerprint density at radius 2 is 1.69 bits per heavy atom. The molecule has 0 saturated heterocycles. The van der Waals surface area contributed by atoms with Crippen LogP contribution in [0.2, 0.25) is 0 Å². The molecule has 3 rings (SSSR count). The highest BCUT2D eigenvalue weighted by Gasteiger charge is 2.24. The molecule has 1 aliphatic heterocycles. The summed E-state index contributed by atoms with van der Waals surface area (Å²) in [6, 6.07) is 16.5. The van der Waals surface area contributed by atoms with E-state index in [4.69, 9.17) is 4.74 Å². The van der Waals surface area contributed by atoms with Crippen molar-refractivity contribution in [2.24, 2.45) is 0 Å². The predicted octanol–water partition coefficient (Wildman–Crippen LogP) is 4.68. The number of allylic oxidation sites excluding steroid dienone is 2. The number of benzene rings is 2. The Morgan fingerprint density at radius 3 is 2.24 bits per heavy atom. The first kappa shape index (κ1) is 21.0. The summed E-state index contributed by atoms with van der Waals surface area (Å²) in [5, 5.41) is 9.43. The van der Waals surface area contributed by atoms with Crippen molar-refractivity contribution in [1.82, 2.24) is 0 Å². The molecule has 0 radical (unpaired) electrons. The van der Waals surface area contributed by atoms with Crippen molar-refractivity contribution in [3.05, 3.63) is 77.6 Å². The molecule has 0 saturated carbocycles. The molecular weight excluding hydrogens is 388 g/mol. The third kappa shape index (κ3) is 5.02. The topological polar surface area (TPSA) is 83.8 Å². The van der Waals surface area contributed by atoms with Gasteiger partial charge in [0.2, 0.25) is 0 Å². The average molecular weight is 415 g/mol. The van der Waals surface area contributed by atoms with Crippen LogP contribution < -0.4 is 0 Å². The van der Waals surface area contributed by atoms with Gasteiger partial charge in [0.25, 0.3) is 0 Å². The second kappa shape index (κ2) is 7.61. The van der Waals surface area contributed by atoms with Gasteiger partial charge in [0.1, 0.15) is 12.2 Å². The summed E-state index contributed by atoms with van der Waals surface area (Å²) >= 11 is 0. The van der Waals surface area contributed by atoms with Crippen LogP contribution in [0.15, 0.2) is 71.3 Å². The Bertz CT molecular complexity index is 1030. The first-order valence-corrected chi connectivity index (χ1v) is 12.1. The van der Waals surface area contributed by atoms with E-state index in [1.165, 1.54) is 12.5 Å². The van der Waals surface area contributed by atoms with Gasteiger partial charge < -0.3 is 9.84 Å². The molecule has 0 fully saturated rings. The number of hydrogen-bond acceptors (Lipinski definition) is 3. The Kier molecular flexibility index (Phi) is 5.52. The number of aliphatic carboxylic acids is 1. The second-order valence-corrected chi connectivity index (χ2v) is 11.8. The van der Waals surface area contributed by atoms with Gasteiger partial charge in [-0.2, -0.15) is 9.35 Å². The lowest BCUT2D eigenvalue weighted by atomic mass is 9.90. The van der Waals surface area contributed by atoms with E-state index >= 15 is 0 Å². The van der Waals surface area contributed by atoms with E-state index in [0.717, 1.165) is 22.3 Å². The third-order valence-corrected chi connectivity index (χ3v) is 6.38. The molecule has 154 valence electrons. The third-order valence-electron chi connectivity index (χ3n) is 4.76. The highest BCUT2D eigenvalue weighted by Crippen LogP contribution is 2.39. The smallest absolute Gasteiger partial charge is 0.311 e. The summed E-state index contributed by atoms with van der Waals surface area (Å²) in [5.41, 5.74) is 3.30. The summed E-state index contributed by atoms with van der Waals surface area (Å²) in [7, 11) is -3.84. The fourth-order valence-electron chi connectivity index (χ4n) is 3.36. The SMILES string of the molecule is CC1CC=C(c2ccc(S(C)(C)(=O)O)cc2)C(c2ccccc2)=C(CC(=O)O)O1. The van der Waals surface area contributed by atoms with Crippen LogP contribution in [0, 0.1) is 0 Å². The zero-order valence-electron chi connectivity index (χ0n) is 16.8. The van der Waals surface area contributed by atoms with Gasteiger partial charge in [0, 0.05) is 24.5 Å². The zero-order valence-corrected chi connectivity index (χ0v) is 17.6. The minimum absolute atomic E-state index is 0.160. The van der Waals surface area contributed by atoms with Crippen LogP contribution in [0.25, 0.3) is 11.1 Å². The van der Waals surface area contributed by atoms with Crippen molar-refractivity contribution >= 4 is 26.5 Å². The summed E-state index contributed by atoms with van der Waals surface area (Å²) < 4.78 is 28.7. The number of hydrogen-bond donors (Lipinski definition) is 2. The van der Waals surface area contributed by atoms with Crippen LogP contribution >= 0.6 is 0 Å². The van der Waals surface area contributed by atoms with E-state index < -0.39 is 15.3 Å². The highest BCUT2D eigenvalue weighted by atomic mass is 32.3. The van der Waals surface area contributed by atoms with E-state index in [9.17, 15) is 18.7 Å². The number of carboxylic acid groups (broad SMARTS) is 1. The van der Waals surface area contributed by atoms with Crippen molar-refractivity contribution in [3.8, 4) is 0 Å². The normalized spacial score (nSPS) is 18.8. The maximum absolute atomic E-state index is 12.5. The lowest BCUT2D eigenvalue weighted by Crippen LogP contribution is -2.28. The monoisotopic (exact) mass is 414 g/mol. The average Bonchev–Trinajstić information content (AvgIpc) is 2.79. The van der Waals surface area contributed by atoms with Gasteiger partial charge in [0.15, 0.2) is 0 Å². The van der Waals surface area contributed by atoms with Crippen molar-refractivity contribution in [2.45, 2.75) is 30.8 Å². The quantitative estimate of drug-likeness (QED) is 0.742. The van der Waals surface area contributed by atoms with Crippen LogP contribution in [-0.2, 0) is 18.9 Å². The van der Waals surface area contributed by atoms with E-state index in [1.54, 1.807) is 24.3 Å². The van der Waals surface area contributed by atoms with Crippen LogP contribution in [0.1, 0.15) is 30.9 Å². The summed E-state index contributed by atoms with van der Waals surface area (Å²) in [5.74, 6) is -0.545. The first-order valence-electron chi connectivity index (χ1n) is 9.36. The van der Waals surface area contributed by atoms with E-state index in [0.29, 0.717) is 17.1 Å². The molecule has 2 N–H and O–H groups in total. The molecule has 0 bridgehead atoms. The molecule has 0 aromatic heterocycles. The molecule has 1 heterocycles. The molecule has 2 aromatic rings. The molecule has 29 heavy (non-hydrogen) atoms.